The maximum absolute atomic E-state index is 6.25. The molecule has 0 N–H and O–H groups in total. The van der Waals surface area contributed by atoms with Crippen molar-refractivity contribution in [1.82, 2.24) is 0 Å². The normalized spacial score (nSPS) is 23.1. The second kappa shape index (κ2) is 8.34. The lowest BCUT2D eigenvalue weighted by Crippen LogP contribution is -2.50. The summed E-state index contributed by atoms with van der Waals surface area (Å²) < 4.78 is 23.6. The number of hydrogen-bond acceptors (Lipinski definition) is 4. The van der Waals surface area contributed by atoms with E-state index < -0.39 is 8.80 Å². The van der Waals surface area contributed by atoms with E-state index >= 15 is 0 Å². The smallest absolute Gasteiger partial charge is 0.493 e. The van der Waals surface area contributed by atoms with Gasteiger partial charge in [0.25, 0.3) is 0 Å². The standard InChI is InChI=1S/C19H38O4Si/c1-18(2,3)13-12-15-10-11-16(23-19(4,5)6)17(14-15)24(20-7,21-8)22-9/h11,15,17H,10,12-14H2,1-9H3/t15-,17+/m0/s1. The molecule has 1 aliphatic rings. The Morgan fingerprint density at radius 2 is 1.54 bits per heavy atom. The minimum Gasteiger partial charge on any atom is -0.493 e. The van der Waals surface area contributed by atoms with E-state index in [1.807, 2.05) is 0 Å². The Labute approximate surface area is 150 Å². The van der Waals surface area contributed by atoms with E-state index in [0.717, 1.165) is 18.6 Å². The van der Waals surface area contributed by atoms with Gasteiger partial charge in [0.15, 0.2) is 0 Å². The van der Waals surface area contributed by atoms with Gasteiger partial charge in [0.1, 0.15) is 11.4 Å². The number of rotatable bonds is 7. The van der Waals surface area contributed by atoms with Crippen LogP contribution >= 0.6 is 0 Å². The third-order valence-corrected chi connectivity index (χ3v) is 7.65. The van der Waals surface area contributed by atoms with Gasteiger partial charge in [-0.3, -0.25) is 0 Å². The lowest BCUT2D eigenvalue weighted by atomic mass is 9.82. The molecule has 0 aromatic heterocycles. The first-order valence-corrected chi connectivity index (χ1v) is 10.8. The van der Waals surface area contributed by atoms with Crippen molar-refractivity contribution in [2.45, 2.75) is 78.4 Å². The quantitative estimate of drug-likeness (QED) is 0.588. The molecular formula is C19H38O4Si. The highest BCUT2D eigenvalue weighted by Crippen LogP contribution is 2.45. The van der Waals surface area contributed by atoms with Crippen molar-refractivity contribution in [3.05, 3.63) is 11.8 Å². The second-order valence-corrected chi connectivity index (χ2v) is 12.2. The molecule has 5 heteroatoms. The number of ether oxygens (including phenoxy) is 1. The molecule has 2 atom stereocenters. The molecule has 0 fully saturated rings. The largest absolute Gasteiger partial charge is 0.511 e. The first kappa shape index (κ1) is 21.7. The molecule has 0 aromatic rings. The van der Waals surface area contributed by atoms with Crippen molar-refractivity contribution in [1.29, 1.82) is 0 Å². The minimum atomic E-state index is -2.79. The van der Waals surface area contributed by atoms with Crippen molar-refractivity contribution in [3.8, 4) is 0 Å². The molecule has 4 nitrogen and oxygen atoms in total. The van der Waals surface area contributed by atoms with Gasteiger partial charge in [0.2, 0.25) is 0 Å². The van der Waals surface area contributed by atoms with E-state index in [2.05, 4.69) is 47.6 Å². The van der Waals surface area contributed by atoms with Gasteiger partial charge in [-0.1, -0.05) is 20.8 Å². The van der Waals surface area contributed by atoms with Crippen molar-refractivity contribution >= 4 is 8.80 Å². The summed E-state index contributed by atoms with van der Waals surface area (Å²) >= 11 is 0. The zero-order valence-electron chi connectivity index (χ0n) is 17.2. The predicted octanol–water partition coefficient (Wildman–Crippen LogP) is 5.17. The van der Waals surface area contributed by atoms with Crippen LogP contribution in [-0.4, -0.2) is 35.7 Å². The van der Waals surface area contributed by atoms with E-state index in [-0.39, 0.29) is 11.1 Å². The average molecular weight is 359 g/mol. The van der Waals surface area contributed by atoms with Crippen LogP contribution in [0.15, 0.2) is 11.8 Å². The van der Waals surface area contributed by atoms with Crippen LogP contribution in [0, 0.1) is 11.3 Å². The van der Waals surface area contributed by atoms with Gasteiger partial charge in [-0.2, -0.15) is 0 Å². The van der Waals surface area contributed by atoms with Crippen LogP contribution in [0.1, 0.15) is 67.2 Å². The fourth-order valence-electron chi connectivity index (χ4n) is 3.31. The van der Waals surface area contributed by atoms with Crippen molar-refractivity contribution in [3.63, 3.8) is 0 Å². The van der Waals surface area contributed by atoms with Crippen molar-refractivity contribution in [2.24, 2.45) is 11.3 Å². The molecule has 0 spiro atoms. The van der Waals surface area contributed by atoms with Crippen LogP contribution in [0.25, 0.3) is 0 Å². The number of allylic oxidation sites excluding steroid dienone is 2. The molecule has 0 unspecified atom stereocenters. The Morgan fingerprint density at radius 3 is 1.96 bits per heavy atom. The molecule has 0 aliphatic heterocycles. The predicted molar refractivity (Wildman–Crippen MR) is 101 cm³/mol. The van der Waals surface area contributed by atoms with Gasteiger partial charge in [0, 0.05) is 21.3 Å². The van der Waals surface area contributed by atoms with Crippen molar-refractivity contribution < 1.29 is 18.0 Å². The molecule has 0 radical (unpaired) electrons. The average Bonchev–Trinajstić information content (AvgIpc) is 2.47. The molecule has 1 rings (SSSR count). The van der Waals surface area contributed by atoms with Crippen LogP contribution < -0.4 is 0 Å². The van der Waals surface area contributed by atoms with Crippen molar-refractivity contribution in [2.75, 3.05) is 21.3 Å². The van der Waals surface area contributed by atoms with E-state index in [1.165, 1.54) is 12.8 Å². The molecule has 0 heterocycles. The zero-order chi connectivity index (χ0) is 18.6. The maximum Gasteiger partial charge on any atom is 0.511 e. The monoisotopic (exact) mass is 358 g/mol. The molecule has 0 saturated carbocycles. The number of hydrogen-bond donors (Lipinski definition) is 0. The minimum absolute atomic E-state index is 0.0652. The van der Waals surface area contributed by atoms with Gasteiger partial charge in [-0.15, -0.1) is 0 Å². The highest BCUT2D eigenvalue weighted by molar-refractivity contribution is 6.63. The summed E-state index contributed by atoms with van der Waals surface area (Å²) in [6.45, 7) is 13.1. The summed E-state index contributed by atoms with van der Waals surface area (Å²) in [4.78, 5) is 0. The third-order valence-electron chi connectivity index (χ3n) is 4.57. The Kier molecular flexibility index (Phi) is 7.54. The van der Waals surface area contributed by atoms with Gasteiger partial charge in [-0.05, 0) is 63.9 Å². The lowest BCUT2D eigenvalue weighted by Gasteiger charge is -2.40. The molecule has 1 aliphatic carbocycles. The van der Waals surface area contributed by atoms with Gasteiger partial charge in [0.05, 0.1) is 5.54 Å². The summed E-state index contributed by atoms with van der Waals surface area (Å²) in [5.74, 6) is 1.60. The second-order valence-electron chi connectivity index (χ2n) is 9.03. The van der Waals surface area contributed by atoms with Crippen LogP contribution in [0.5, 0.6) is 0 Å². The molecule has 0 amide bonds. The molecule has 24 heavy (non-hydrogen) atoms. The highest BCUT2D eigenvalue weighted by atomic mass is 28.4. The molecule has 0 bridgehead atoms. The van der Waals surface area contributed by atoms with E-state index in [1.54, 1.807) is 21.3 Å². The Hall–Kier alpha value is -0.363. The fourth-order valence-corrected chi connectivity index (χ4v) is 5.81. The molecular weight excluding hydrogens is 320 g/mol. The Bertz CT molecular complexity index is 408. The summed E-state index contributed by atoms with van der Waals surface area (Å²) in [7, 11) is 2.27. The summed E-state index contributed by atoms with van der Waals surface area (Å²) in [5, 5.41) is 0. The topological polar surface area (TPSA) is 36.9 Å². The van der Waals surface area contributed by atoms with Gasteiger partial charge < -0.3 is 18.0 Å². The first-order chi connectivity index (χ1) is 11.0. The van der Waals surface area contributed by atoms with Crippen LogP contribution in [0.3, 0.4) is 0 Å². The van der Waals surface area contributed by atoms with E-state index in [4.69, 9.17) is 18.0 Å². The van der Waals surface area contributed by atoms with Crippen LogP contribution in [0.4, 0.5) is 0 Å². The van der Waals surface area contributed by atoms with E-state index in [9.17, 15) is 0 Å². The Morgan fingerprint density at radius 1 is 1.00 bits per heavy atom. The molecule has 0 aromatic carbocycles. The van der Waals surface area contributed by atoms with Crippen LogP contribution in [-0.2, 0) is 18.0 Å². The summed E-state index contributed by atoms with van der Waals surface area (Å²) in [5.41, 5.74) is 0.188. The van der Waals surface area contributed by atoms with Gasteiger partial charge in [-0.25, -0.2) is 0 Å². The summed E-state index contributed by atoms with van der Waals surface area (Å²) in [6.07, 6.45) is 6.72. The zero-order valence-corrected chi connectivity index (χ0v) is 18.2. The molecule has 0 saturated heterocycles. The highest BCUT2D eigenvalue weighted by Gasteiger charge is 2.52. The van der Waals surface area contributed by atoms with E-state index in [0.29, 0.717) is 11.3 Å². The van der Waals surface area contributed by atoms with Gasteiger partial charge >= 0.3 is 8.80 Å². The fraction of sp³-hybridized carbons (Fsp3) is 0.895. The maximum atomic E-state index is 6.25. The summed E-state index contributed by atoms with van der Waals surface area (Å²) in [6, 6.07) is 0. The molecule has 142 valence electrons. The Balaban J connectivity index is 3.02. The first-order valence-electron chi connectivity index (χ1n) is 9.01. The van der Waals surface area contributed by atoms with Crippen LogP contribution in [0.2, 0.25) is 5.54 Å². The third kappa shape index (κ3) is 6.17. The SMILES string of the molecule is CO[Si](OC)(OC)[C@@H]1C[C@H](CCC(C)(C)C)CC=C1OC(C)(C)C. The lowest BCUT2D eigenvalue weighted by molar-refractivity contribution is 0.0259.